The van der Waals surface area contributed by atoms with Gasteiger partial charge in [0.15, 0.2) is 0 Å². The second-order valence-corrected chi connectivity index (χ2v) is 6.48. The van der Waals surface area contributed by atoms with Crippen LogP contribution in [0.4, 0.5) is 0 Å². The number of aliphatic hydroxyl groups is 1. The number of imidazole rings is 1. The summed E-state index contributed by atoms with van der Waals surface area (Å²) in [5.41, 5.74) is 2.15. The van der Waals surface area contributed by atoms with E-state index in [2.05, 4.69) is 10.3 Å². The predicted molar refractivity (Wildman–Crippen MR) is 103 cm³/mol. The standard InChI is InChI=1S/C21H23N3O3/c1-15(2)27-19-5-3-4-17(12-19)20(25)13-23-21(26)16-6-8-18(9-7-16)24-11-10-22-14-24/h3-12,14-15,20,25H,13H2,1-2H3,(H,23,26). The van der Waals surface area contributed by atoms with Gasteiger partial charge in [-0.25, -0.2) is 4.98 Å². The van der Waals surface area contributed by atoms with Gasteiger partial charge < -0.3 is 19.7 Å². The first-order chi connectivity index (χ1) is 13.0. The van der Waals surface area contributed by atoms with Crippen LogP contribution in [0.5, 0.6) is 5.75 Å². The summed E-state index contributed by atoms with van der Waals surface area (Å²) >= 11 is 0. The van der Waals surface area contributed by atoms with Crippen molar-refractivity contribution < 1.29 is 14.6 Å². The Bertz CT molecular complexity index is 874. The van der Waals surface area contributed by atoms with E-state index in [1.54, 1.807) is 30.7 Å². The molecule has 27 heavy (non-hydrogen) atoms. The summed E-state index contributed by atoms with van der Waals surface area (Å²) in [6, 6.07) is 14.5. The molecule has 2 aromatic carbocycles. The van der Waals surface area contributed by atoms with Gasteiger partial charge in [0.2, 0.25) is 0 Å². The van der Waals surface area contributed by atoms with Gasteiger partial charge in [0.05, 0.1) is 18.5 Å². The number of nitrogens with one attached hydrogen (secondary N) is 1. The highest BCUT2D eigenvalue weighted by Gasteiger charge is 2.12. The maximum absolute atomic E-state index is 12.3. The number of aromatic nitrogens is 2. The Hall–Kier alpha value is -3.12. The average molecular weight is 365 g/mol. The molecule has 1 unspecified atom stereocenters. The second kappa shape index (κ2) is 8.51. The summed E-state index contributed by atoms with van der Waals surface area (Å²) < 4.78 is 7.50. The van der Waals surface area contributed by atoms with E-state index in [-0.39, 0.29) is 18.6 Å². The van der Waals surface area contributed by atoms with Gasteiger partial charge in [0.1, 0.15) is 5.75 Å². The summed E-state index contributed by atoms with van der Waals surface area (Å²) in [4.78, 5) is 16.3. The van der Waals surface area contributed by atoms with Crippen LogP contribution in [-0.2, 0) is 0 Å². The number of benzene rings is 2. The molecule has 3 aromatic rings. The van der Waals surface area contributed by atoms with Gasteiger partial charge in [-0.15, -0.1) is 0 Å². The Kier molecular flexibility index (Phi) is 5.88. The molecule has 1 aromatic heterocycles. The first kappa shape index (κ1) is 18.7. The Morgan fingerprint density at radius 3 is 2.67 bits per heavy atom. The smallest absolute Gasteiger partial charge is 0.251 e. The molecule has 1 amide bonds. The summed E-state index contributed by atoms with van der Waals surface area (Å²) in [5.74, 6) is 0.462. The van der Waals surface area contributed by atoms with Crippen molar-refractivity contribution >= 4 is 5.91 Å². The molecule has 2 N–H and O–H groups in total. The van der Waals surface area contributed by atoms with Gasteiger partial charge >= 0.3 is 0 Å². The normalized spacial score (nSPS) is 12.0. The maximum Gasteiger partial charge on any atom is 0.251 e. The van der Waals surface area contributed by atoms with Crippen molar-refractivity contribution in [3.05, 3.63) is 78.4 Å². The summed E-state index contributed by atoms with van der Waals surface area (Å²) in [6.45, 7) is 4.01. The molecule has 6 heteroatoms. The molecule has 0 aliphatic rings. The van der Waals surface area contributed by atoms with Crippen molar-refractivity contribution in [1.29, 1.82) is 0 Å². The van der Waals surface area contributed by atoms with Gasteiger partial charge in [-0.1, -0.05) is 12.1 Å². The van der Waals surface area contributed by atoms with E-state index in [9.17, 15) is 9.90 Å². The van der Waals surface area contributed by atoms with Crippen LogP contribution in [0.15, 0.2) is 67.3 Å². The molecule has 0 saturated carbocycles. The van der Waals surface area contributed by atoms with Crippen LogP contribution in [0.3, 0.4) is 0 Å². The van der Waals surface area contributed by atoms with Crippen LogP contribution in [-0.4, -0.2) is 33.2 Å². The van der Waals surface area contributed by atoms with Crippen molar-refractivity contribution in [2.75, 3.05) is 6.54 Å². The molecule has 0 aliphatic heterocycles. The number of hydrogen-bond acceptors (Lipinski definition) is 4. The SMILES string of the molecule is CC(C)Oc1cccc(C(O)CNC(=O)c2ccc(-n3ccnc3)cc2)c1. The lowest BCUT2D eigenvalue weighted by molar-refractivity contribution is 0.0916. The minimum Gasteiger partial charge on any atom is -0.491 e. The molecule has 0 aliphatic carbocycles. The fourth-order valence-corrected chi connectivity index (χ4v) is 2.67. The van der Waals surface area contributed by atoms with Gasteiger partial charge in [0.25, 0.3) is 5.91 Å². The third-order valence-electron chi connectivity index (χ3n) is 4.00. The van der Waals surface area contributed by atoms with Crippen molar-refractivity contribution in [3.8, 4) is 11.4 Å². The van der Waals surface area contributed by atoms with Crippen molar-refractivity contribution in [2.24, 2.45) is 0 Å². The molecule has 6 nitrogen and oxygen atoms in total. The fourth-order valence-electron chi connectivity index (χ4n) is 2.67. The monoisotopic (exact) mass is 365 g/mol. The minimum atomic E-state index is -0.810. The molecular formula is C21H23N3O3. The Morgan fingerprint density at radius 2 is 2.00 bits per heavy atom. The lowest BCUT2D eigenvalue weighted by Gasteiger charge is -2.15. The van der Waals surface area contributed by atoms with Crippen LogP contribution >= 0.6 is 0 Å². The van der Waals surface area contributed by atoms with Crippen LogP contribution in [0, 0.1) is 0 Å². The number of rotatable bonds is 7. The highest BCUT2D eigenvalue weighted by atomic mass is 16.5. The van der Waals surface area contributed by atoms with Crippen molar-refractivity contribution in [1.82, 2.24) is 14.9 Å². The van der Waals surface area contributed by atoms with Gasteiger partial charge in [-0.3, -0.25) is 4.79 Å². The van der Waals surface area contributed by atoms with Crippen LogP contribution in [0.1, 0.15) is 35.9 Å². The Labute approximate surface area is 158 Å². The molecule has 140 valence electrons. The van der Waals surface area contributed by atoms with Crippen LogP contribution < -0.4 is 10.1 Å². The van der Waals surface area contributed by atoms with Crippen molar-refractivity contribution in [3.63, 3.8) is 0 Å². The molecule has 0 fully saturated rings. The topological polar surface area (TPSA) is 76.4 Å². The van der Waals surface area contributed by atoms with Gasteiger partial charge in [0, 0.05) is 30.2 Å². The first-order valence-electron chi connectivity index (χ1n) is 8.84. The van der Waals surface area contributed by atoms with E-state index >= 15 is 0 Å². The minimum absolute atomic E-state index is 0.0578. The third kappa shape index (κ3) is 4.95. The molecule has 3 rings (SSSR count). The average Bonchev–Trinajstić information content (AvgIpc) is 3.20. The number of hydrogen-bond donors (Lipinski definition) is 2. The highest BCUT2D eigenvalue weighted by molar-refractivity contribution is 5.94. The molecule has 0 spiro atoms. The zero-order chi connectivity index (χ0) is 19.2. The second-order valence-electron chi connectivity index (χ2n) is 6.48. The number of ether oxygens (including phenoxy) is 1. The number of amides is 1. The lowest BCUT2D eigenvalue weighted by Crippen LogP contribution is -2.28. The molecular weight excluding hydrogens is 342 g/mol. The van der Waals surface area contributed by atoms with E-state index in [0.29, 0.717) is 16.9 Å². The summed E-state index contributed by atoms with van der Waals surface area (Å²) in [6.07, 6.45) is 4.48. The molecule has 0 bridgehead atoms. The van der Waals surface area contributed by atoms with E-state index in [1.165, 1.54) is 0 Å². The van der Waals surface area contributed by atoms with Crippen LogP contribution in [0.2, 0.25) is 0 Å². The first-order valence-corrected chi connectivity index (χ1v) is 8.84. The summed E-state index contributed by atoms with van der Waals surface area (Å²) in [7, 11) is 0. The van der Waals surface area contributed by atoms with Gasteiger partial charge in [-0.05, 0) is 55.8 Å². The van der Waals surface area contributed by atoms with Crippen molar-refractivity contribution in [2.45, 2.75) is 26.1 Å². The fraction of sp³-hybridized carbons (Fsp3) is 0.238. The van der Waals surface area contributed by atoms with Gasteiger partial charge in [-0.2, -0.15) is 0 Å². The van der Waals surface area contributed by atoms with E-state index in [1.807, 2.05) is 54.9 Å². The zero-order valence-electron chi connectivity index (χ0n) is 15.4. The van der Waals surface area contributed by atoms with E-state index in [4.69, 9.17) is 4.74 Å². The molecule has 1 atom stereocenters. The number of aliphatic hydroxyl groups excluding tert-OH is 1. The quantitative estimate of drug-likeness (QED) is 0.674. The van der Waals surface area contributed by atoms with E-state index in [0.717, 1.165) is 5.69 Å². The zero-order valence-corrected chi connectivity index (χ0v) is 15.4. The lowest BCUT2D eigenvalue weighted by atomic mass is 10.1. The number of nitrogens with zero attached hydrogens (tertiary/aromatic N) is 2. The van der Waals surface area contributed by atoms with E-state index < -0.39 is 6.10 Å². The summed E-state index contributed by atoms with van der Waals surface area (Å²) in [5, 5.41) is 13.1. The Morgan fingerprint density at radius 1 is 1.22 bits per heavy atom. The highest BCUT2D eigenvalue weighted by Crippen LogP contribution is 2.20. The number of carbonyl (C=O) groups excluding carboxylic acids is 1. The molecule has 0 saturated heterocycles. The maximum atomic E-state index is 12.3. The Balaban J connectivity index is 1.58. The predicted octanol–water partition coefficient (Wildman–Crippen LogP) is 3.12. The molecule has 0 radical (unpaired) electrons. The van der Waals surface area contributed by atoms with Crippen LogP contribution in [0.25, 0.3) is 5.69 Å². The molecule has 1 heterocycles. The third-order valence-corrected chi connectivity index (χ3v) is 4.00. The number of carbonyl (C=O) groups is 1. The largest absolute Gasteiger partial charge is 0.491 e.